The van der Waals surface area contributed by atoms with Crippen LogP contribution in [0.5, 0.6) is 0 Å². The van der Waals surface area contributed by atoms with Crippen LogP contribution in [-0.2, 0) is 11.3 Å². The number of anilines is 1. The molecular formula is C21H17N5O3. The monoisotopic (exact) mass is 387 g/mol. The van der Waals surface area contributed by atoms with Crippen LogP contribution in [0.2, 0.25) is 0 Å². The number of fused-ring (bicyclic) bond motifs is 1. The number of carbonyl (C=O) groups excluding carboxylic acids is 1. The molecule has 4 rings (SSSR count). The molecule has 144 valence electrons. The number of amides is 1. The van der Waals surface area contributed by atoms with Crippen molar-refractivity contribution in [3.63, 3.8) is 0 Å². The van der Waals surface area contributed by atoms with E-state index in [9.17, 15) is 14.4 Å². The third-order valence-corrected chi connectivity index (χ3v) is 4.42. The number of carbonyl (C=O) groups is 1. The van der Waals surface area contributed by atoms with Crippen LogP contribution in [0.3, 0.4) is 0 Å². The standard InChI is InChI=1S/C21H17N5O3/c1-13-22-10-9-17(23-13)14-5-4-6-15(11-14)24-19(27)12-26-18-8-3-2-7-16(18)20(28)25-21(26)29/h2-11H,12H2,1H3,(H,24,27)(H,25,28,29). The van der Waals surface area contributed by atoms with Gasteiger partial charge in [0.05, 0.1) is 16.6 Å². The average Bonchev–Trinajstić information content (AvgIpc) is 2.71. The van der Waals surface area contributed by atoms with Gasteiger partial charge in [-0.3, -0.25) is 19.1 Å². The summed E-state index contributed by atoms with van der Waals surface area (Å²) >= 11 is 0. The maximum absolute atomic E-state index is 12.6. The van der Waals surface area contributed by atoms with Crippen LogP contribution in [0.15, 0.2) is 70.4 Å². The first-order valence-corrected chi connectivity index (χ1v) is 8.93. The van der Waals surface area contributed by atoms with Gasteiger partial charge in [0.1, 0.15) is 12.4 Å². The minimum atomic E-state index is -0.630. The number of aromatic nitrogens is 4. The molecule has 2 aromatic carbocycles. The molecule has 2 N–H and O–H groups in total. The average molecular weight is 387 g/mol. The predicted molar refractivity (Wildman–Crippen MR) is 110 cm³/mol. The van der Waals surface area contributed by atoms with Crippen LogP contribution in [0.25, 0.3) is 22.2 Å². The topological polar surface area (TPSA) is 110 Å². The van der Waals surface area contributed by atoms with Crippen molar-refractivity contribution in [3.8, 4) is 11.3 Å². The third kappa shape index (κ3) is 3.81. The van der Waals surface area contributed by atoms with Crippen molar-refractivity contribution >= 4 is 22.5 Å². The van der Waals surface area contributed by atoms with Crippen molar-refractivity contribution in [3.05, 3.63) is 87.5 Å². The number of nitrogens with zero attached hydrogens (tertiary/aromatic N) is 3. The molecule has 0 saturated heterocycles. The summed E-state index contributed by atoms with van der Waals surface area (Å²) in [6, 6.07) is 15.7. The molecule has 0 aliphatic carbocycles. The Kier molecular flexibility index (Phi) is 4.74. The Morgan fingerprint density at radius 3 is 2.76 bits per heavy atom. The second-order valence-corrected chi connectivity index (χ2v) is 6.48. The lowest BCUT2D eigenvalue weighted by atomic mass is 10.1. The second-order valence-electron chi connectivity index (χ2n) is 6.48. The largest absolute Gasteiger partial charge is 0.329 e. The zero-order chi connectivity index (χ0) is 20.4. The SMILES string of the molecule is Cc1nccc(-c2cccc(NC(=O)Cn3c(=O)[nH]c(=O)c4ccccc43)c2)n1. The van der Waals surface area contributed by atoms with E-state index in [-0.39, 0.29) is 12.5 Å². The van der Waals surface area contributed by atoms with Crippen LogP contribution in [0.1, 0.15) is 5.82 Å². The Balaban J connectivity index is 1.60. The molecule has 0 radical (unpaired) electrons. The van der Waals surface area contributed by atoms with E-state index in [0.717, 1.165) is 11.3 Å². The molecule has 2 heterocycles. The lowest BCUT2D eigenvalue weighted by molar-refractivity contribution is -0.116. The van der Waals surface area contributed by atoms with E-state index in [1.807, 2.05) is 12.1 Å². The highest BCUT2D eigenvalue weighted by Crippen LogP contribution is 2.20. The maximum Gasteiger partial charge on any atom is 0.329 e. The number of aryl methyl sites for hydroxylation is 1. The van der Waals surface area contributed by atoms with Gasteiger partial charge in [-0.1, -0.05) is 24.3 Å². The molecule has 0 saturated carbocycles. The van der Waals surface area contributed by atoms with E-state index < -0.39 is 11.2 Å². The van der Waals surface area contributed by atoms with E-state index in [1.54, 1.807) is 55.6 Å². The van der Waals surface area contributed by atoms with Gasteiger partial charge in [0, 0.05) is 17.4 Å². The summed E-state index contributed by atoms with van der Waals surface area (Å²) < 4.78 is 1.24. The van der Waals surface area contributed by atoms with Crippen molar-refractivity contribution in [1.82, 2.24) is 19.5 Å². The lowest BCUT2D eigenvalue weighted by Gasteiger charge is -2.11. The molecule has 0 spiro atoms. The molecule has 8 nitrogen and oxygen atoms in total. The molecule has 4 aromatic rings. The van der Waals surface area contributed by atoms with Gasteiger partial charge in [-0.15, -0.1) is 0 Å². The molecule has 0 bridgehead atoms. The van der Waals surface area contributed by atoms with Gasteiger partial charge in [0.25, 0.3) is 5.56 Å². The van der Waals surface area contributed by atoms with Gasteiger partial charge in [0.15, 0.2) is 0 Å². The number of nitrogens with one attached hydrogen (secondary N) is 2. The Labute approximate surface area is 164 Å². The first kappa shape index (κ1) is 18.3. The van der Waals surface area contributed by atoms with Crippen LogP contribution in [-0.4, -0.2) is 25.4 Å². The number of aromatic amines is 1. The number of H-pyrrole nitrogens is 1. The quantitative estimate of drug-likeness (QED) is 0.557. The van der Waals surface area contributed by atoms with Crippen molar-refractivity contribution in [2.45, 2.75) is 13.5 Å². The van der Waals surface area contributed by atoms with E-state index in [1.165, 1.54) is 4.57 Å². The van der Waals surface area contributed by atoms with Gasteiger partial charge in [-0.25, -0.2) is 14.8 Å². The predicted octanol–water partition coefficient (Wildman–Crippen LogP) is 2.09. The van der Waals surface area contributed by atoms with Crippen molar-refractivity contribution in [2.24, 2.45) is 0 Å². The molecule has 0 unspecified atom stereocenters. The highest BCUT2D eigenvalue weighted by molar-refractivity contribution is 5.92. The summed E-state index contributed by atoms with van der Waals surface area (Å²) in [5.41, 5.74) is 1.45. The minimum Gasteiger partial charge on any atom is -0.325 e. The number of hydrogen-bond donors (Lipinski definition) is 2. The van der Waals surface area contributed by atoms with Crippen molar-refractivity contribution in [1.29, 1.82) is 0 Å². The highest BCUT2D eigenvalue weighted by Gasteiger charge is 2.11. The summed E-state index contributed by atoms with van der Waals surface area (Å²) in [6.07, 6.45) is 1.68. The summed E-state index contributed by atoms with van der Waals surface area (Å²) in [5, 5.41) is 3.14. The molecule has 0 aliphatic rings. The fourth-order valence-electron chi connectivity index (χ4n) is 3.12. The maximum atomic E-state index is 12.6. The fourth-order valence-corrected chi connectivity index (χ4v) is 3.12. The summed E-state index contributed by atoms with van der Waals surface area (Å²) in [4.78, 5) is 47.5. The summed E-state index contributed by atoms with van der Waals surface area (Å²) in [6.45, 7) is 1.58. The fraction of sp³-hybridized carbons (Fsp3) is 0.0952. The van der Waals surface area contributed by atoms with Crippen molar-refractivity contribution in [2.75, 3.05) is 5.32 Å². The first-order chi connectivity index (χ1) is 14.0. The zero-order valence-corrected chi connectivity index (χ0v) is 15.5. The number of hydrogen-bond acceptors (Lipinski definition) is 5. The Morgan fingerprint density at radius 1 is 1.10 bits per heavy atom. The van der Waals surface area contributed by atoms with Gasteiger partial charge >= 0.3 is 5.69 Å². The van der Waals surface area contributed by atoms with Crippen LogP contribution >= 0.6 is 0 Å². The Morgan fingerprint density at radius 2 is 1.93 bits per heavy atom. The zero-order valence-electron chi connectivity index (χ0n) is 15.5. The third-order valence-electron chi connectivity index (χ3n) is 4.42. The van der Waals surface area contributed by atoms with Gasteiger partial charge in [-0.2, -0.15) is 0 Å². The molecule has 1 amide bonds. The van der Waals surface area contributed by atoms with Crippen LogP contribution in [0, 0.1) is 6.92 Å². The molecule has 2 aromatic heterocycles. The number of rotatable bonds is 4. The van der Waals surface area contributed by atoms with Crippen LogP contribution in [0.4, 0.5) is 5.69 Å². The smallest absolute Gasteiger partial charge is 0.325 e. The second kappa shape index (κ2) is 7.51. The molecule has 0 atom stereocenters. The molecular weight excluding hydrogens is 370 g/mol. The normalized spacial score (nSPS) is 10.8. The number of benzene rings is 2. The molecule has 8 heteroatoms. The van der Waals surface area contributed by atoms with Gasteiger partial charge < -0.3 is 5.32 Å². The van der Waals surface area contributed by atoms with E-state index in [0.29, 0.717) is 22.4 Å². The lowest BCUT2D eigenvalue weighted by Crippen LogP contribution is -2.34. The van der Waals surface area contributed by atoms with Gasteiger partial charge in [-0.05, 0) is 37.3 Å². The van der Waals surface area contributed by atoms with Crippen LogP contribution < -0.4 is 16.6 Å². The Bertz CT molecular complexity index is 1340. The molecule has 0 aliphatic heterocycles. The summed E-state index contributed by atoms with van der Waals surface area (Å²) in [5.74, 6) is 0.265. The Hall–Kier alpha value is -4.07. The number of para-hydroxylation sites is 1. The highest BCUT2D eigenvalue weighted by atomic mass is 16.2. The van der Waals surface area contributed by atoms with E-state index >= 15 is 0 Å². The van der Waals surface area contributed by atoms with E-state index in [4.69, 9.17) is 0 Å². The molecule has 0 fully saturated rings. The van der Waals surface area contributed by atoms with E-state index in [2.05, 4.69) is 20.3 Å². The summed E-state index contributed by atoms with van der Waals surface area (Å²) in [7, 11) is 0. The molecule has 29 heavy (non-hydrogen) atoms. The minimum absolute atomic E-state index is 0.229. The van der Waals surface area contributed by atoms with Crippen molar-refractivity contribution < 1.29 is 4.79 Å². The van der Waals surface area contributed by atoms with Gasteiger partial charge in [0.2, 0.25) is 5.91 Å². The first-order valence-electron chi connectivity index (χ1n) is 8.93.